The molecule has 0 atom stereocenters. The van der Waals surface area contributed by atoms with Crippen molar-refractivity contribution in [1.29, 1.82) is 0 Å². The average Bonchev–Trinajstić information content (AvgIpc) is 3.21. The number of hydrogen-bond acceptors (Lipinski definition) is 6. The molecule has 1 aromatic carbocycles. The fourth-order valence-corrected chi connectivity index (χ4v) is 2.41. The van der Waals surface area contributed by atoms with E-state index >= 15 is 0 Å². The van der Waals surface area contributed by atoms with Gasteiger partial charge in [0.25, 0.3) is 0 Å². The molecule has 2 aromatic heterocycles. The summed E-state index contributed by atoms with van der Waals surface area (Å²) in [5.74, 6) is 1.56. The van der Waals surface area contributed by atoms with Gasteiger partial charge >= 0.3 is 5.97 Å². The van der Waals surface area contributed by atoms with Crippen LogP contribution in [0.1, 0.15) is 28.9 Å². The van der Waals surface area contributed by atoms with Crippen molar-refractivity contribution in [2.75, 3.05) is 6.61 Å². The van der Waals surface area contributed by atoms with Crippen molar-refractivity contribution < 1.29 is 13.9 Å². The number of aryl methyl sites for hydroxylation is 1. The lowest BCUT2D eigenvalue weighted by molar-refractivity contribution is 0.0526. The van der Waals surface area contributed by atoms with Gasteiger partial charge in [0.2, 0.25) is 4.77 Å². The number of aromatic nitrogens is 3. The van der Waals surface area contributed by atoms with Crippen LogP contribution in [0.2, 0.25) is 0 Å². The zero-order chi connectivity index (χ0) is 17.8. The molecule has 0 aliphatic heterocycles. The highest BCUT2D eigenvalue weighted by Crippen LogP contribution is 2.22. The summed E-state index contributed by atoms with van der Waals surface area (Å²) in [6, 6.07) is 10.7. The highest BCUT2D eigenvalue weighted by molar-refractivity contribution is 7.71. The first kappa shape index (κ1) is 16.8. The van der Waals surface area contributed by atoms with Crippen molar-refractivity contribution in [2.24, 2.45) is 5.10 Å². The average molecular weight is 356 g/mol. The van der Waals surface area contributed by atoms with Crippen LogP contribution in [-0.4, -0.2) is 33.7 Å². The number of hydrogen-bond donors (Lipinski definition) is 1. The van der Waals surface area contributed by atoms with Crippen LogP contribution >= 0.6 is 12.2 Å². The maximum absolute atomic E-state index is 11.7. The van der Waals surface area contributed by atoms with Gasteiger partial charge in [0.1, 0.15) is 17.3 Å². The normalized spacial score (nSPS) is 11.1. The molecule has 7 nitrogen and oxygen atoms in total. The Morgan fingerprint density at radius 2 is 2.12 bits per heavy atom. The van der Waals surface area contributed by atoms with Crippen LogP contribution in [-0.2, 0) is 4.74 Å². The van der Waals surface area contributed by atoms with E-state index in [9.17, 15) is 4.79 Å². The van der Waals surface area contributed by atoms with Crippen LogP contribution in [0.3, 0.4) is 0 Å². The quantitative estimate of drug-likeness (QED) is 0.429. The Morgan fingerprint density at radius 1 is 1.36 bits per heavy atom. The fraction of sp³-hybridized carbons (Fsp3) is 0.176. The van der Waals surface area contributed by atoms with Gasteiger partial charge in [0.15, 0.2) is 0 Å². The Morgan fingerprint density at radius 3 is 2.76 bits per heavy atom. The van der Waals surface area contributed by atoms with Gasteiger partial charge in [-0.2, -0.15) is 14.9 Å². The number of ether oxygens (including phenoxy) is 1. The predicted octanol–water partition coefficient (Wildman–Crippen LogP) is 3.57. The number of rotatable bonds is 5. The largest absolute Gasteiger partial charge is 0.462 e. The predicted molar refractivity (Wildman–Crippen MR) is 95.2 cm³/mol. The second-order valence-electron chi connectivity index (χ2n) is 5.13. The van der Waals surface area contributed by atoms with Crippen molar-refractivity contribution in [3.8, 4) is 11.3 Å². The summed E-state index contributed by atoms with van der Waals surface area (Å²) in [6.45, 7) is 3.92. The molecule has 0 amide bonds. The molecule has 2 heterocycles. The van der Waals surface area contributed by atoms with E-state index in [1.807, 2.05) is 18.2 Å². The van der Waals surface area contributed by atoms with Crippen molar-refractivity contribution in [2.45, 2.75) is 13.8 Å². The molecule has 0 bridgehead atoms. The first-order valence-electron chi connectivity index (χ1n) is 7.64. The number of esters is 1. The molecule has 0 unspecified atom stereocenters. The highest BCUT2D eigenvalue weighted by Gasteiger charge is 2.08. The van der Waals surface area contributed by atoms with Gasteiger partial charge in [-0.15, -0.1) is 0 Å². The van der Waals surface area contributed by atoms with Crippen LogP contribution in [0.25, 0.3) is 11.3 Å². The summed E-state index contributed by atoms with van der Waals surface area (Å²) >= 11 is 5.08. The van der Waals surface area contributed by atoms with Crippen molar-refractivity contribution >= 4 is 24.4 Å². The van der Waals surface area contributed by atoms with E-state index in [2.05, 4.69) is 15.3 Å². The van der Waals surface area contributed by atoms with Gasteiger partial charge in [-0.25, -0.2) is 4.79 Å². The van der Waals surface area contributed by atoms with E-state index in [1.54, 1.807) is 38.3 Å². The summed E-state index contributed by atoms with van der Waals surface area (Å²) < 4.78 is 12.6. The Kier molecular flexibility index (Phi) is 4.90. The fourth-order valence-electron chi connectivity index (χ4n) is 2.18. The van der Waals surface area contributed by atoms with Crippen molar-refractivity contribution in [3.05, 3.63) is 58.3 Å². The maximum atomic E-state index is 11.7. The summed E-state index contributed by atoms with van der Waals surface area (Å²) in [5.41, 5.74) is 1.35. The minimum absolute atomic E-state index is 0.339. The molecule has 3 rings (SSSR count). The molecule has 0 saturated heterocycles. The van der Waals surface area contributed by atoms with Crippen molar-refractivity contribution in [3.63, 3.8) is 0 Å². The van der Waals surface area contributed by atoms with Crippen LogP contribution in [0.15, 0.2) is 45.9 Å². The number of benzene rings is 1. The lowest BCUT2D eigenvalue weighted by Crippen LogP contribution is -2.03. The molecule has 8 heteroatoms. The molecule has 0 saturated carbocycles. The molecule has 0 fully saturated rings. The number of carbonyl (C=O) groups is 1. The van der Waals surface area contributed by atoms with Gasteiger partial charge in [-0.3, -0.25) is 5.10 Å². The summed E-state index contributed by atoms with van der Waals surface area (Å²) in [7, 11) is 0. The van der Waals surface area contributed by atoms with Crippen molar-refractivity contribution in [1.82, 2.24) is 14.9 Å². The second-order valence-corrected chi connectivity index (χ2v) is 5.52. The third-order valence-corrected chi connectivity index (χ3v) is 3.68. The maximum Gasteiger partial charge on any atom is 0.338 e. The lowest BCUT2D eigenvalue weighted by atomic mass is 10.1. The summed E-state index contributed by atoms with van der Waals surface area (Å²) in [4.78, 5) is 11.7. The first-order valence-corrected chi connectivity index (χ1v) is 8.05. The third-order valence-electron chi connectivity index (χ3n) is 3.42. The van der Waals surface area contributed by atoms with Gasteiger partial charge < -0.3 is 9.15 Å². The SMILES string of the molecule is CCOC(=O)c1ccc(-c2ccc(/C=N\n3c(C)n[nH]c3=S)o2)cc1. The second kappa shape index (κ2) is 7.27. The Balaban J connectivity index is 1.77. The standard InChI is InChI=1S/C17H16N4O3S/c1-3-23-16(22)13-6-4-12(5-7-13)15-9-8-14(24-15)10-18-21-11(2)19-20-17(21)25/h4-10H,3H2,1-2H3,(H,20,25)/b18-10-. The lowest BCUT2D eigenvalue weighted by Gasteiger charge is -2.02. The zero-order valence-corrected chi connectivity index (χ0v) is 14.5. The molecule has 3 aromatic rings. The van der Waals surface area contributed by atoms with Gasteiger partial charge in [-0.1, -0.05) is 12.1 Å². The van der Waals surface area contributed by atoms with E-state index in [4.69, 9.17) is 21.4 Å². The molecular formula is C17H16N4O3S. The number of carbonyl (C=O) groups excluding carboxylic acids is 1. The van der Waals surface area contributed by atoms with Gasteiger partial charge in [0.05, 0.1) is 18.4 Å². The molecule has 1 N–H and O–H groups in total. The van der Waals surface area contributed by atoms with Gasteiger partial charge in [0, 0.05) is 5.56 Å². The molecule has 0 radical (unpaired) electrons. The van der Waals surface area contributed by atoms with Gasteiger partial charge in [-0.05, 0) is 50.3 Å². The summed E-state index contributed by atoms with van der Waals surface area (Å²) in [5, 5.41) is 10.9. The number of nitrogens with one attached hydrogen (secondary N) is 1. The molecule has 128 valence electrons. The highest BCUT2D eigenvalue weighted by atomic mass is 32.1. The van der Waals surface area contributed by atoms with E-state index in [0.717, 1.165) is 5.56 Å². The van der Waals surface area contributed by atoms with Crippen LogP contribution in [0.4, 0.5) is 0 Å². The van der Waals surface area contributed by atoms with E-state index < -0.39 is 0 Å². The van der Waals surface area contributed by atoms with Crippen LogP contribution in [0, 0.1) is 11.7 Å². The molecule has 0 aliphatic rings. The third kappa shape index (κ3) is 3.74. The summed E-state index contributed by atoms with van der Waals surface area (Å²) in [6.07, 6.45) is 1.56. The Labute approximate surface area is 148 Å². The number of aromatic amines is 1. The van der Waals surface area contributed by atoms with Crippen LogP contribution < -0.4 is 0 Å². The van der Waals surface area contributed by atoms with Crippen LogP contribution in [0.5, 0.6) is 0 Å². The molecule has 25 heavy (non-hydrogen) atoms. The monoisotopic (exact) mass is 356 g/mol. The number of H-pyrrole nitrogens is 1. The van der Waals surface area contributed by atoms with E-state index in [-0.39, 0.29) is 5.97 Å². The smallest absolute Gasteiger partial charge is 0.338 e. The number of nitrogens with zero attached hydrogens (tertiary/aromatic N) is 3. The minimum atomic E-state index is -0.339. The molecule has 0 spiro atoms. The molecular weight excluding hydrogens is 340 g/mol. The van der Waals surface area contributed by atoms with E-state index in [0.29, 0.717) is 34.3 Å². The zero-order valence-electron chi connectivity index (χ0n) is 13.7. The first-order chi connectivity index (χ1) is 12.1. The minimum Gasteiger partial charge on any atom is -0.462 e. The molecule has 0 aliphatic carbocycles. The topological polar surface area (TPSA) is 85.4 Å². The van der Waals surface area contributed by atoms with E-state index in [1.165, 1.54) is 4.68 Å². The Bertz CT molecular complexity index is 966. The number of furan rings is 1. The Hall–Kier alpha value is -3.00.